The second-order valence-electron chi connectivity index (χ2n) is 16.1. The molecule has 0 rings (SSSR count). The molecule has 0 aliphatic heterocycles. The summed E-state index contributed by atoms with van der Waals surface area (Å²) in [6, 6.07) is 0. The average molecular weight is 835 g/mol. The fraction of sp³-hybridized carbons (Fsp3) is 0.708. The zero-order valence-corrected chi connectivity index (χ0v) is 38.4. The number of phosphoric ester groups is 1. The maximum atomic E-state index is 12.7. The molecule has 10 heteroatoms. The highest BCUT2D eigenvalue weighted by Crippen LogP contribution is 2.43. The summed E-state index contributed by atoms with van der Waals surface area (Å²) in [5.74, 6) is -0.918. The molecule has 0 aromatic rings. The van der Waals surface area contributed by atoms with Crippen LogP contribution >= 0.6 is 7.82 Å². The molecule has 0 heterocycles. The number of hydrogen-bond donors (Lipinski definition) is 1. The van der Waals surface area contributed by atoms with Gasteiger partial charge in [-0.25, -0.2) is 4.57 Å². The van der Waals surface area contributed by atoms with Crippen molar-refractivity contribution in [3.05, 3.63) is 72.9 Å². The summed E-state index contributed by atoms with van der Waals surface area (Å²) in [7, 11) is 1.41. The van der Waals surface area contributed by atoms with Gasteiger partial charge in [-0.05, 0) is 77.0 Å². The van der Waals surface area contributed by atoms with Crippen molar-refractivity contribution in [3.63, 3.8) is 0 Å². The van der Waals surface area contributed by atoms with Gasteiger partial charge in [0, 0.05) is 12.8 Å². The first-order valence-corrected chi connectivity index (χ1v) is 24.2. The number of carbonyl (C=O) groups is 2. The number of allylic oxidation sites excluding steroid dienone is 12. The highest BCUT2D eigenvalue weighted by Gasteiger charge is 2.27. The van der Waals surface area contributed by atoms with Gasteiger partial charge in [-0.2, -0.15) is 0 Å². The lowest BCUT2D eigenvalue weighted by Gasteiger charge is -2.24. The Hall–Kier alpha value is -2.55. The van der Waals surface area contributed by atoms with Crippen LogP contribution in [0.4, 0.5) is 0 Å². The minimum absolute atomic E-state index is 0.0131. The molecule has 0 aliphatic rings. The van der Waals surface area contributed by atoms with Crippen LogP contribution < -0.4 is 0 Å². The van der Waals surface area contributed by atoms with E-state index in [1.165, 1.54) is 77.0 Å². The van der Waals surface area contributed by atoms with Crippen molar-refractivity contribution in [3.8, 4) is 0 Å². The van der Waals surface area contributed by atoms with Crippen molar-refractivity contribution < 1.29 is 42.1 Å². The van der Waals surface area contributed by atoms with E-state index in [2.05, 4.69) is 74.6 Å². The van der Waals surface area contributed by atoms with Crippen LogP contribution in [0, 0.1) is 0 Å². The first-order chi connectivity index (χ1) is 28.0. The minimum atomic E-state index is -4.40. The molecular formula is C48H85NO8P+. The van der Waals surface area contributed by atoms with Gasteiger partial charge in [-0.3, -0.25) is 18.6 Å². The number of ether oxygens (including phenoxy) is 2. The Balaban J connectivity index is 4.51. The molecule has 0 saturated carbocycles. The first kappa shape index (κ1) is 55.5. The van der Waals surface area contributed by atoms with Crippen LogP contribution in [0.1, 0.15) is 168 Å². The van der Waals surface area contributed by atoms with Gasteiger partial charge in [0.25, 0.3) is 0 Å². The maximum absolute atomic E-state index is 12.7. The van der Waals surface area contributed by atoms with Crippen LogP contribution in [0.2, 0.25) is 0 Å². The van der Waals surface area contributed by atoms with E-state index < -0.39 is 32.5 Å². The van der Waals surface area contributed by atoms with Gasteiger partial charge in [-0.1, -0.05) is 151 Å². The molecule has 0 saturated heterocycles. The zero-order valence-electron chi connectivity index (χ0n) is 37.5. The van der Waals surface area contributed by atoms with Crippen LogP contribution in [-0.4, -0.2) is 74.9 Å². The lowest BCUT2D eigenvalue weighted by atomic mass is 10.1. The lowest BCUT2D eigenvalue weighted by molar-refractivity contribution is -0.870. The number of esters is 2. The largest absolute Gasteiger partial charge is 0.472 e. The summed E-state index contributed by atoms with van der Waals surface area (Å²) >= 11 is 0. The molecule has 0 spiro atoms. The van der Waals surface area contributed by atoms with E-state index in [0.29, 0.717) is 23.9 Å². The van der Waals surface area contributed by atoms with Gasteiger partial charge < -0.3 is 18.9 Å². The molecule has 0 aromatic carbocycles. The molecule has 0 radical (unpaired) electrons. The highest BCUT2D eigenvalue weighted by molar-refractivity contribution is 7.47. The van der Waals surface area contributed by atoms with Gasteiger partial charge in [-0.15, -0.1) is 0 Å². The summed E-state index contributed by atoms with van der Waals surface area (Å²) in [6.45, 7) is 4.28. The Morgan fingerprint density at radius 3 is 1.50 bits per heavy atom. The Kier molecular flexibility index (Phi) is 38.1. The minimum Gasteiger partial charge on any atom is -0.462 e. The van der Waals surface area contributed by atoms with Crippen molar-refractivity contribution in [1.82, 2.24) is 0 Å². The van der Waals surface area contributed by atoms with E-state index in [4.69, 9.17) is 18.5 Å². The standard InChI is InChI=1S/C48H84NO8P/c1-6-8-10-12-14-16-18-20-22-23-24-25-27-29-31-33-35-37-39-41-48(51)57-46(45-56-58(52,53)55-43-42-49(3,4)5)44-54-47(50)40-38-36-34-32-30-28-26-21-19-17-15-13-11-9-7-2/h14,16,20,22,24-25,28-31,35,37,46H,6-13,15,17-19,21,23,26-27,32-34,36,38-45H2,1-5H3/p+1/b16-14+,22-20+,25-24+,30-28+,31-29+,37-35+/t46-/m1/s1. The van der Waals surface area contributed by atoms with Crippen LogP contribution in [-0.2, 0) is 32.7 Å². The number of unbranched alkanes of at least 4 members (excludes halogenated alkanes) is 14. The van der Waals surface area contributed by atoms with E-state index in [1.807, 2.05) is 33.3 Å². The number of rotatable bonds is 40. The van der Waals surface area contributed by atoms with Gasteiger partial charge >= 0.3 is 19.8 Å². The van der Waals surface area contributed by atoms with E-state index in [1.54, 1.807) is 0 Å². The molecule has 9 nitrogen and oxygen atoms in total. The number of quaternary nitrogens is 1. The molecule has 0 bridgehead atoms. The molecule has 0 aliphatic carbocycles. The number of phosphoric acid groups is 1. The van der Waals surface area contributed by atoms with E-state index in [9.17, 15) is 19.0 Å². The predicted octanol–water partition coefficient (Wildman–Crippen LogP) is 13.0. The summed E-state index contributed by atoms with van der Waals surface area (Å²) in [5.41, 5.74) is 0. The third kappa shape index (κ3) is 43.0. The SMILES string of the molecule is CCCCC/C=C/C/C=C/C/C=C/C/C=C/C/C=C/CCC(=O)O[C@H](COC(=O)CCCCC/C=C/CCCCCCCCCC)COP(=O)(O)OCC[N+](C)(C)C. The Labute approximate surface area is 355 Å². The monoisotopic (exact) mass is 835 g/mol. The van der Waals surface area contributed by atoms with Gasteiger partial charge in [0.1, 0.15) is 19.8 Å². The molecule has 0 aromatic heterocycles. The Bertz CT molecular complexity index is 1220. The lowest BCUT2D eigenvalue weighted by Crippen LogP contribution is -2.37. The summed E-state index contributed by atoms with van der Waals surface area (Å²) < 4.78 is 34.2. The third-order valence-corrected chi connectivity index (χ3v) is 10.2. The number of likely N-dealkylation sites (N-methyl/N-ethyl adjacent to an activating group) is 1. The quantitative estimate of drug-likeness (QED) is 0.0214. The number of nitrogens with zero attached hydrogens (tertiary/aromatic N) is 1. The molecule has 0 fully saturated rings. The number of carbonyl (C=O) groups excluding carboxylic acids is 2. The fourth-order valence-electron chi connectivity index (χ4n) is 5.64. The Morgan fingerprint density at radius 2 is 0.966 bits per heavy atom. The van der Waals surface area contributed by atoms with Crippen LogP contribution in [0.3, 0.4) is 0 Å². The van der Waals surface area contributed by atoms with Crippen molar-refractivity contribution in [2.24, 2.45) is 0 Å². The van der Waals surface area contributed by atoms with Gasteiger partial charge in [0.2, 0.25) is 0 Å². The summed E-state index contributed by atoms with van der Waals surface area (Å²) in [4.78, 5) is 35.3. The fourth-order valence-corrected chi connectivity index (χ4v) is 6.38. The molecule has 2 atom stereocenters. The molecule has 1 unspecified atom stereocenters. The van der Waals surface area contributed by atoms with Crippen LogP contribution in [0.15, 0.2) is 72.9 Å². The van der Waals surface area contributed by atoms with Crippen LogP contribution in [0.5, 0.6) is 0 Å². The molecule has 58 heavy (non-hydrogen) atoms. The van der Waals surface area contributed by atoms with Crippen molar-refractivity contribution >= 4 is 19.8 Å². The second-order valence-corrected chi connectivity index (χ2v) is 17.5. The van der Waals surface area contributed by atoms with Gasteiger partial charge in [0.05, 0.1) is 27.7 Å². The third-order valence-electron chi connectivity index (χ3n) is 9.22. The summed E-state index contributed by atoms with van der Waals surface area (Å²) in [5, 5.41) is 0. The van der Waals surface area contributed by atoms with Crippen LogP contribution in [0.25, 0.3) is 0 Å². The van der Waals surface area contributed by atoms with Crippen molar-refractivity contribution in [2.75, 3.05) is 47.5 Å². The normalized spacial score (nSPS) is 14.2. The maximum Gasteiger partial charge on any atom is 0.472 e. The topological polar surface area (TPSA) is 108 Å². The number of hydrogen-bond acceptors (Lipinski definition) is 7. The molecular weight excluding hydrogens is 750 g/mol. The van der Waals surface area contributed by atoms with Crippen molar-refractivity contribution in [2.45, 2.75) is 174 Å². The molecule has 0 amide bonds. The summed E-state index contributed by atoms with van der Waals surface area (Å²) in [6.07, 6.45) is 49.7. The first-order valence-electron chi connectivity index (χ1n) is 22.7. The Morgan fingerprint density at radius 1 is 0.534 bits per heavy atom. The van der Waals surface area contributed by atoms with E-state index in [-0.39, 0.29) is 26.1 Å². The highest BCUT2D eigenvalue weighted by atomic mass is 31.2. The smallest absolute Gasteiger partial charge is 0.462 e. The zero-order chi connectivity index (χ0) is 42.8. The van der Waals surface area contributed by atoms with E-state index in [0.717, 1.165) is 51.4 Å². The predicted molar refractivity (Wildman–Crippen MR) is 242 cm³/mol. The average Bonchev–Trinajstić information content (AvgIpc) is 3.17. The van der Waals surface area contributed by atoms with Gasteiger partial charge in [0.15, 0.2) is 6.10 Å². The van der Waals surface area contributed by atoms with Crippen molar-refractivity contribution in [1.29, 1.82) is 0 Å². The second kappa shape index (κ2) is 39.9. The molecule has 1 N–H and O–H groups in total. The molecule has 334 valence electrons. The van der Waals surface area contributed by atoms with E-state index >= 15 is 0 Å².